The summed E-state index contributed by atoms with van der Waals surface area (Å²) in [4.78, 5) is 21.7. The number of rotatable bonds is 4. The number of ketones is 1. The molecule has 0 unspecified atom stereocenters. The van der Waals surface area contributed by atoms with E-state index in [-0.39, 0.29) is 18.4 Å². The molecule has 11 heavy (non-hydrogen) atoms. The molecule has 0 aromatic heterocycles. The van der Waals surface area contributed by atoms with Crippen molar-refractivity contribution < 1.29 is 9.59 Å². The molecule has 2 N–H and O–H groups in total. The van der Waals surface area contributed by atoms with E-state index in [1.165, 1.54) is 0 Å². The molecule has 1 saturated carbocycles. The van der Waals surface area contributed by atoms with E-state index in [2.05, 4.69) is 10.6 Å². The molecule has 1 amide bonds. The van der Waals surface area contributed by atoms with Crippen molar-refractivity contribution in [3.8, 4) is 0 Å². The van der Waals surface area contributed by atoms with Gasteiger partial charge in [-0.1, -0.05) is 0 Å². The molecule has 0 aliphatic heterocycles. The molecule has 0 heterocycles. The fourth-order valence-corrected chi connectivity index (χ4v) is 0.734. The first-order chi connectivity index (χ1) is 5.24. The van der Waals surface area contributed by atoms with Gasteiger partial charge in [0.05, 0.1) is 6.54 Å². The summed E-state index contributed by atoms with van der Waals surface area (Å²) in [6.07, 6.45) is 2.02. The summed E-state index contributed by atoms with van der Waals surface area (Å²) in [5.74, 6) is -0.846. The predicted octanol–water partition coefficient (Wildman–Crippen LogP) is -0.947. The van der Waals surface area contributed by atoms with Crippen LogP contribution in [0.4, 0.5) is 0 Å². The number of amides is 1. The third kappa shape index (κ3) is 2.67. The SMILES string of the molecule is CNCC(=O)C(=O)NC1CC1. The van der Waals surface area contributed by atoms with E-state index in [1.54, 1.807) is 7.05 Å². The Morgan fingerprint density at radius 3 is 2.55 bits per heavy atom. The number of carbonyl (C=O) groups is 2. The fraction of sp³-hybridized carbons (Fsp3) is 0.714. The summed E-state index contributed by atoms with van der Waals surface area (Å²) < 4.78 is 0. The summed E-state index contributed by atoms with van der Waals surface area (Å²) in [6, 6.07) is 0.267. The maximum Gasteiger partial charge on any atom is 0.288 e. The van der Waals surface area contributed by atoms with Crippen LogP contribution >= 0.6 is 0 Å². The Balaban J connectivity index is 2.21. The zero-order valence-electron chi connectivity index (χ0n) is 6.52. The number of nitrogens with one attached hydrogen (secondary N) is 2. The van der Waals surface area contributed by atoms with Gasteiger partial charge >= 0.3 is 0 Å². The van der Waals surface area contributed by atoms with Crippen molar-refractivity contribution >= 4 is 11.7 Å². The van der Waals surface area contributed by atoms with Gasteiger partial charge in [0.1, 0.15) is 0 Å². The lowest BCUT2D eigenvalue weighted by Gasteiger charge is -2.00. The lowest BCUT2D eigenvalue weighted by Crippen LogP contribution is -2.37. The highest BCUT2D eigenvalue weighted by Gasteiger charge is 2.25. The molecule has 0 atom stereocenters. The highest BCUT2D eigenvalue weighted by Crippen LogP contribution is 2.18. The normalized spacial score (nSPS) is 16.1. The summed E-state index contributed by atoms with van der Waals surface area (Å²) >= 11 is 0. The summed E-state index contributed by atoms with van der Waals surface area (Å²) in [5.41, 5.74) is 0. The van der Waals surface area contributed by atoms with Gasteiger partial charge in [-0.2, -0.15) is 0 Å². The quantitative estimate of drug-likeness (QED) is 0.516. The van der Waals surface area contributed by atoms with E-state index in [4.69, 9.17) is 0 Å². The molecule has 4 heteroatoms. The van der Waals surface area contributed by atoms with Crippen molar-refractivity contribution in [3.05, 3.63) is 0 Å². The Morgan fingerprint density at radius 1 is 1.45 bits per heavy atom. The Bertz CT molecular complexity index is 175. The minimum absolute atomic E-state index is 0.124. The Kier molecular flexibility index (Phi) is 2.59. The topological polar surface area (TPSA) is 58.2 Å². The number of Topliss-reactive ketones (excluding diaryl/α,β-unsaturated/α-hetero) is 1. The molecular formula is C7H12N2O2. The summed E-state index contributed by atoms with van der Waals surface area (Å²) in [6.45, 7) is 0.124. The van der Waals surface area contributed by atoms with Crippen LogP contribution in [0.15, 0.2) is 0 Å². The van der Waals surface area contributed by atoms with E-state index in [0.717, 1.165) is 12.8 Å². The van der Waals surface area contributed by atoms with Crippen LogP contribution in [-0.4, -0.2) is 31.3 Å². The van der Waals surface area contributed by atoms with Crippen LogP contribution in [0.2, 0.25) is 0 Å². The molecule has 4 nitrogen and oxygen atoms in total. The molecule has 1 aliphatic carbocycles. The van der Waals surface area contributed by atoms with Crippen molar-refractivity contribution in [1.29, 1.82) is 0 Å². The van der Waals surface area contributed by atoms with Crippen molar-refractivity contribution in [3.63, 3.8) is 0 Å². The average Bonchev–Trinajstić information content (AvgIpc) is 2.72. The third-order valence-electron chi connectivity index (χ3n) is 1.50. The van der Waals surface area contributed by atoms with Gasteiger partial charge in [0.15, 0.2) is 0 Å². The molecular weight excluding hydrogens is 144 g/mol. The van der Waals surface area contributed by atoms with Crippen LogP contribution in [0.3, 0.4) is 0 Å². The Morgan fingerprint density at radius 2 is 2.09 bits per heavy atom. The molecule has 0 aromatic rings. The minimum Gasteiger partial charge on any atom is -0.347 e. The maximum absolute atomic E-state index is 10.9. The highest BCUT2D eigenvalue weighted by molar-refractivity contribution is 6.37. The second kappa shape index (κ2) is 3.48. The molecule has 1 aliphatic rings. The van der Waals surface area contributed by atoms with Crippen molar-refractivity contribution in [2.45, 2.75) is 18.9 Å². The molecule has 1 rings (SSSR count). The van der Waals surface area contributed by atoms with Gasteiger partial charge in [-0.3, -0.25) is 9.59 Å². The smallest absolute Gasteiger partial charge is 0.288 e. The van der Waals surface area contributed by atoms with Gasteiger partial charge in [-0.05, 0) is 19.9 Å². The molecule has 1 fully saturated rings. The van der Waals surface area contributed by atoms with Crippen LogP contribution < -0.4 is 10.6 Å². The molecule has 62 valence electrons. The minimum atomic E-state index is -0.457. The molecule has 0 radical (unpaired) electrons. The van der Waals surface area contributed by atoms with Crippen LogP contribution in [-0.2, 0) is 9.59 Å². The largest absolute Gasteiger partial charge is 0.347 e. The number of hydrogen-bond acceptors (Lipinski definition) is 3. The van der Waals surface area contributed by atoms with Gasteiger partial charge in [0, 0.05) is 6.04 Å². The molecule has 0 aromatic carbocycles. The van der Waals surface area contributed by atoms with E-state index in [9.17, 15) is 9.59 Å². The lowest BCUT2D eigenvalue weighted by molar-refractivity contribution is -0.137. The van der Waals surface area contributed by atoms with Gasteiger partial charge in [-0.25, -0.2) is 0 Å². The fourth-order valence-electron chi connectivity index (χ4n) is 0.734. The Labute approximate surface area is 65.3 Å². The van der Waals surface area contributed by atoms with E-state index in [1.807, 2.05) is 0 Å². The molecule has 0 bridgehead atoms. The molecule has 0 spiro atoms. The van der Waals surface area contributed by atoms with E-state index < -0.39 is 5.91 Å². The van der Waals surface area contributed by atoms with Crippen molar-refractivity contribution in [1.82, 2.24) is 10.6 Å². The van der Waals surface area contributed by atoms with Gasteiger partial charge in [0.2, 0.25) is 5.78 Å². The first kappa shape index (κ1) is 8.20. The number of likely N-dealkylation sites (N-methyl/N-ethyl adjacent to an activating group) is 1. The van der Waals surface area contributed by atoms with Gasteiger partial charge in [-0.15, -0.1) is 0 Å². The lowest BCUT2D eigenvalue weighted by atomic mass is 10.3. The standard InChI is InChI=1S/C7H12N2O2/c1-8-4-6(10)7(11)9-5-2-3-5/h5,8H,2-4H2,1H3,(H,9,11). The zero-order valence-corrected chi connectivity index (χ0v) is 6.52. The second-order valence-electron chi connectivity index (χ2n) is 2.70. The maximum atomic E-state index is 10.9. The monoisotopic (exact) mass is 156 g/mol. The van der Waals surface area contributed by atoms with Crippen LogP contribution in [0.25, 0.3) is 0 Å². The Hall–Kier alpha value is -0.900. The van der Waals surface area contributed by atoms with Crippen molar-refractivity contribution in [2.24, 2.45) is 0 Å². The first-order valence-electron chi connectivity index (χ1n) is 3.72. The predicted molar refractivity (Wildman–Crippen MR) is 40.1 cm³/mol. The van der Waals surface area contributed by atoms with Crippen LogP contribution in [0.5, 0.6) is 0 Å². The highest BCUT2D eigenvalue weighted by atomic mass is 16.2. The van der Waals surface area contributed by atoms with E-state index >= 15 is 0 Å². The van der Waals surface area contributed by atoms with Gasteiger partial charge < -0.3 is 10.6 Å². The van der Waals surface area contributed by atoms with Gasteiger partial charge in [0.25, 0.3) is 5.91 Å². The number of carbonyl (C=O) groups excluding carboxylic acids is 2. The van der Waals surface area contributed by atoms with Crippen LogP contribution in [0, 0.1) is 0 Å². The summed E-state index contributed by atoms with van der Waals surface area (Å²) in [7, 11) is 1.64. The third-order valence-corrected chi connectivity index (χ3v) is 1.50. The van der Waals surface area contributed by atoms with Crippen molar-refractivity contribution in [2.75, 3.05) is 13.6 Å². The second-order valence-corrected chi connectivity index (χ2v) is 2.70. The molecule has 0 saturated heterocycles. The average molecular weight is 156 g/mol. The van der Waals surface area contributed by atoms with E-state index in [0.29, 0.717) is 0 Å². The first-order valence-corrected chi connectivity index (χ1v) is 3.72. The zero-order chi connectivity index (χ0) is 8.27. The number of hydrogen-bond donors (Lipinski definition) is 2. The van der Waals surface area contributed by atoms with Crippen LogP contribution in [0.1, 0.15) is 12.8 Å². The summed E-state index contributed by atoms with van der Waals surface area (Å²) in [5, 5.41) is 5.24.